The Hall–Kier alpha value is -1.34. The molecule has 0 bridgehead atoms. The quantitative estimate of drug-likeness (QED) is 0.850. The number of amides is 1. The number of ether oxygens (including phenoxy) is 2. The average molecular weight is 354 g/mol. The van der Waals surface area contributed by atoms with Crippen LogP contribution in [0.15, 0.2) is 24.3 Å². The zero-order valence-corrected chi connectivity index (χ0v) is 14.5. The summed E-state index contributed by atoms with van der Waals surface area (Å²) in [6.45, 7) is 6.57. The molecule has 1 aromatic rings. The van der Waals surface area contributed by atoms with Crippen molar-refractivity contribution < 1.29 is 14.3 Å². The molecule has 1 unspecified atom stereocenters. The first-order valence-electron chi connectivity index (χ1n) is 8.43. The largest absolute Gasteiger partial charge is 0.491 e. The molecule has 2 fully saturated rings. The van der Waals surface area contributed by atoms with E-state index < -0.39 is 0 Å². The number of carbonyl (C=O) groups is 1. The number of rotatable bonds is 5. The third-order valence-corrected chi connectivity index (χ3v) is 4.72. The lowest BCUT2D eigenvalue weighted by molar-refractivity contribution is -0.138. The van der Waals surface area contributed by atoms with Crippen molar-refractivity contribution in [1.82, 2.24) is 15.1 Å². The first kappa shape index (κ1) is 17.5. The van der Waals surface area contributed by atoms with Crippen LogP contribution in [0.4, 0.5) is 0 Å². The summed E-state index contributed by atoms with van der Waals surface area (Å²) in [6, 6.07) is 7.31. The maximum Gasteiger partial charge on any atom is 0.242 e. The molecule has 0 aliphatic carbocycles. The van der Waals surface area contributed by atoms with Gasteiger partial charge in [0.05, 0.1) is 18.2 Å². The lowest BCUT2D eigenvalue weighted by Gasteiger charge is -2.37. The van der Waals surface area contributed by atoms with Crippen LogP contribution in [0.2, 0.25) is 5.02 Å². The minimum absolute atomic E-state index is 0.154. The Morgan fingerprint density at radius 1 is 1.29 bits per heavy atom. The second-order valence-corrected chi connectivity index (χ2v) is 6.43. The van der Waals surface area contributed by atoms with Gasteiger partial charge in [0.25, 0.3) is 0 Å². The minimum Gasteiger partial charge on any atom is -0.491 e. The number of piperazine rings is 1. The van der Waals surface area contributed by atoms with Crippen LogP contribution >= 0.6 is 11.6 Å². The van der Waals surface area contributed by atoms with Crippen molar-refractivity contribution in [3.05, 3.63) is 29.3 Å². The van der Waals surface area contributed by atoms with Gasteiger partial charge in [-0.15, -0.1) is 0 Å². The van der Waals surface area contributed by atoms with Crippen molar-refractivity contribution in [2.24, 2.45) is 0 Å². The first-order chi connectivity index (χ1) is 11.7. The summed E-state index contributed by atoms with van der Waals surface area (Å²) in [5.41, 5.74) is 0. The van der Waals surface area contributed by atoms with E-state index in [1.54, 1.807) is 0 Å². The number of halogens is 1. The molecule has 24 heavy (non-hydrogen) atoms. The van der Waals surface area contributed by atoms with Gasteiger partial charge in [-0.05, 0) is 12.1 Å². The van der Waals surface area contributed by atoms with Gasteiger partial charge in [-0.3, -0.25) is 9.69 Å². The lowest BCUT2D eigenvalue weighted by atomic mass is 10.2. The Bertz CT molecular complexity index is 544. The van der Waals surface area contributed by atoms with Crippen molar-refractivity contribution in [1.29, 1.82) is 0 Å². The molecule has 2 saturated heterocycles. The molecule has 2 aliphatic heterocycles. The van der Waals surface area contributed by atoms with Crippen LogP contribution < -0.4 is 10.1 Å². The predicted molar refractivity (Wildman–Crippen MR) is 92.6 cm³/mol. The van der Waals surface area contributed by atoms with Gasteiger partial charge in [-0.25, -0.2) is 0 Å². The van der Waals surface area contributed by atoms with Gasteiger partial charge in [0.15, 0.2) is 0 Å². The highest BCUT2D eigenvalue weighted by atomic mass is 35.5. The van der Waals surface area contributed by atoms with Crippen LogP contribution in [-0.2, 0) is 9.53 Å². The molecule has 132 valence electrons. The van der Waals surface area contributed by atoms with Crippen LogP contribution in [0, 0.1) is 0 Å². The normalized spacial score (nSPS) is 22.4. The molecule has 2 heterocycles. The van der Waals surface area contributed by atoms with Gasteiger partial charge in [-0.1, -0.05) is 23.7 Å². The minimum atomic E-state index is -0.186. The van der Waals surface area contributed by atoms with Crippen LogP contribution in [0.25, 0.3) is 0 Å². The Labute approximate surface area is 147 Å². The Morgan fingerprint density at radius 2 is 2.08 bits per heavy atom. The Morgan fingerprint density at radius 3 is 2.79 bits per heavy atom. The van der Waals surface area contributed by atoms with E-state index in [0.717, 1.165) is 45.0 Å². The zero-order valence-electron chi connectivity index (χ0n) is 13.7. The molecule has 1 amide bonds. The Kier molecular flexibility index (Phi) is 6.31. The van der Waals surface area contributed by atoms with E-state index in [2.05, 4.69) is 10.2 Å². The number of hydrogen-bond acceptors (Lipinski definition) is 5. The first-order valence-corrected chi connectivity index (χ1v) is 8.81. The number of hydrogen-bond donors (Lipinski definition) is 1. The molecule has 0 radical (unpaired) electrons. The maximum atomic E-state index is 12.4. The fourth-order valence-electron chi connectivity index (χ4n) is 2.98. The molecule has 1 N–H and O–H groups in total. The van der Waals surface area contributed by atoms with E-state index in [-0.39, 0.29) is 11.9 Å². The SMILES string of the molecule is O=C(C1COCCN1)N1CCN(CCOc2ccccc2Cl)CC1. The molecule has 7 heteroatoms. The predicted octanol–water partition coefficient (Wildman–Crippen LogP) is 0.851. The summed E-state index contributed by atoms with van der Waals surface area (Å²) in [7, 11) is 0. The average Bonchev–Trinajstić information content (AvgIpc) is 2.64. The molecule has 2 aliphatic rings. The number of nitrogens with one attached hydrogen (secondary N) is 1. The van der Waals surface area contributed by atoms with Gasteiger partial charge in [0.1, 0.15) is 18.4 Å². The summed E-state index contributed by atoms with van der Waals surface area (Å²) < 4.78 is 11.1. The van der Waals surface area contributed by atoms with Gasteiger partial charge in [0, 0.05) is 39.3 Å². The van der Waals surface area contributed by atoms with Crippen LogP contribution in [0.3, 0.4) is 0 Å². The number of para-hydroxylation sites is 1. The summed E-state index contributed by atoms with van der Waals surface area (Å²) >= 11 is 6.07. The smallest absolute Gasteiger partial charge is 0.242 e. The van der Waals surface area contributed by atoms with E-state index in [1.807, 2.05) is 29.2 Å². The third kappa shape index (κ3) is 4.60. The molecular formula is C17H24ClN3O3. The van der Waals surface area contributed by atoms with Gasteiger partial charge < -0.3 is 19.7 Å². The van der Waals surface area contributed by atoms with Crippen LogP contribution in [-0.4, -0.2) is 80.8 Å². The topological polar surface area (TPSA) is 54.0 Å². The molecule has 0 aromatic heterocycles. The molecule has 0 spiro atoms. The molecule has 6 nitrogen and oxygen atoms in total. The second-order valence-electron chi connectivity index (χ2n) is 6.03. The van der Waals surface area contributed by atoms with Crippen molar-refractivity contribution in [2.45, 2.75) is 6.04 Å². The zero-order chi connectivity index (χ0) is 16.8. The number of carbonyl (C=O) groups excluding carboxylic acids is 1. The highest BCUT2D eigenvalue weighted by Crippen LogP contribution is 2.22. The van der Waals surface area contributed by atoms with Crippen molar-refractivity contribution in [2.75, 3.05) is 59.1 Å². The monoisotopic (exact) mass is 353 g/mol. The fraction of sp³-hybridized carbons (Fsp3) is 0.588. The highest BCUT2D eigenvalue weighted by Gasteiger charge is 2.28. The summed E-state index contributed by atoms with van der Waals surface area (Å²) in [4.78, 5) is 16.7. The van der Waals surface area contributed by atoms with Gasteiger partial charge in [0.2, 0.25) is 5.91 Å². The van der Waals surface area contributed by atoms with Crippen molar-refractivity contribution in [3.63, 3.8) is 0 Å². The molecule has 1 aromatic carbocycles. The standard InChI is InChI=1S/C17H24ClN3O3/c18-14-3-1-2-4-16(14)24-12-10-20-6-8-21(9-7-20)17(22)15-13-23-11-5-19-15/h1-4,15,19H,5-13H2. The van der Waals surface area contributed by atoms with Crippen molar-refractivity contribution >= 4 is 17.5 Å². The summed E-state index contributed by atoms with van der Waals surface area (Å²) in [5, 5.41) is 3.86. The third-order valence-electron chi connectivity index (χ3n) is 4.41. The summed E-state index contributed by atoms with van der Waals surface area (Å²) in [5.74, 6) is 0.873. The van der Waals surface area contributed by atoms with Crippen LogP contribution in [0.5, 0.6) is 5.75 Å². The molecular weight excluding hydrogens is 330 g/mol. The number of benzene rings is 1. The lowest BCUT2D eigenvalue weighted by Crippen LogP contribution is -2.57. The number of morpholine rings is 1. The van der Waals surface area contributed by atoms with Crippen LogP contribution in [0.1, 0.15) is 0 Å². The summed E-state index contributed by atoms with van der Waals surface area (Å²) in [6.07, 6.45) is 0. The molecule has 0 saturated carbocycles. The fourth-order valence-corrected chi connectivity index (χ4v) is 3.17. The van der Waals surface area contributed by atoms with Gasteiger partial charge in [-0.2, -0.15) is 0 Å². The van der Waals surface area contributed by atoms with Crippen molar-refractivity contribution in [3.8, 4) is 5.75 Å². The van der Waals surface area contributed by atoms with E-state index >= 15 is 0 Å². The van der Waals surface area contributed by atoms with E-state index in [0.29, 0.717) is 24.8 Å². The Balaban J connectivity index is 1.37. The molecule has 3 rings (SSSR count). The van der Waals surface area contributed by atoms with E-state index in [4.69, 9.17) is 21.1 Å². The van der Waals surface area contributed by atoms with Gasteiger partial charge >= 0.3 is 0 Å². The molecule has 1 atom stereocenters. The van der Waals surface area contributed by atoms with E-state index in [1.165, 1.54) is 0 Å². The highest BCUT2D eigenvalue weighted by molar-refractivity contribution is 6.32. The second kappa shape index (κ2) is 8.67. The maximum absolute atomic E-state index is 12.4. The van der Waals surface area contributed by atoms with E-state index in [9.17, 15) is 4.79 Å². The number of nitrogens with zero attached hydrogens (tertiary/aromatic N) is 2.